The summed E-state index contributed by atoms with van der Waals surface area (Å²) in [5.41, 5.74) is 13.2. The summed E-state index contributed by atoms with van der Waals surface area (Å²) >= 11 is 0. The van der Waals surface area contributed by atoms with Crippen molar-refractivity contribution in [3.63, 3.8) is 0 Å². The van der Waals surface area contributed by atoms with Gasteiger partial charge in [-0.15, -0.1) is 0 Å². The molecule has 1 aromatic rings. The molecule has 0 bridgehead atoms. The molecule has 2 atom stereocenters. The molecule has 0 aromatic heterocycles. The molecule has 0 saturated carbocycles. The van der Waals surface area contributed by atoms with Gasteiger partial charge in [-0.25, -0.2) is 4.79 Å². The van der Waals surface area contributed by atoms with Crippen molar-refractivity contribution in [2.45, 2.75) is 44.8 Å². The van der Waals surface area contributed by atoms with Gasteiger partial charge < -0.3 is 46.5 Å². The van der Waals surface area contributed by atoms with E-state index in [0.717, 1.165) is 5.56 Å². The van der Waals surface area contributed by atoms with Crippen LogP contribution in [0.25, 0.3) is 0 Å². The van der Waals surface area contributed by atoms with Crippen LogP contribution in [-0.2, 0) is 35.1 Å². The topological polar surface area (TPSA) is 232 Å². The molecule has 0 heterocycles. The smallest absolute Gasteiger partial charge is 0.312 e. The van der Waals surface area contributed by atoms with E-state index in [9.17, 15) is 19.2 Å². The van der Waals surface area contributed by atoms with E-state index in [-0.39, 0.29) is 38.5 Å². The van der Waals surface area contributed by atoms with Crippen LogP contribution in [-0.4, -0.2) is 95.6 Å². The fourth-order valence-corrected chi connectivity index (χ4v) is 3.46. The van der Waals surface area contributed by atoms with Gasteiger partial charge in [0.1, 0.15) is 29.3 Å². The fraction of sp³-hybridized carbons (Fsp3) is 0.615. The number of primary amides is 1. The van der Waals surface area contributed by atoms with Crippen molar-refractivity contribution in [3.05, 3.63) is 29.8 Å². The molecule has 0 saturated heterocycles. The zero-order chi connectivity index (χ0) is 31.0. The minimum absolute atomic E-state index is 0.0392. The van der Waals surface area contributed by atoms with Crippen LogP contribution in [0, 0.1) is 5.53 Å². The standard InChI is InChI=1S/C26H43N9O7/c1-19(32-23(36)9-12-40-14-16-42-17-15-41-13-11-31-35-28)24(37)34-22(4-3-10-30-26(27)39)25(38)33-21-7-5-20(6-8-21)18-29-2/h5-8,19,22,28-29H,3-4,9-18H2,1-2H3,(H5-,27,30,32,33,34,36,37,38,39)/p+1/t19-,22-/m0/s1. The molecule has 5 amide bonds. The van der Waals surface area contributed by atoms with Crippen molar-refractivity contribution in [3.8, 4) is 0 Å². The average molecular weight is 595 g/mol. The molecule has 0 aliphatic heterocycles. The number of hydrogen-bond acceptors (Lipinski definition) is 10. The normalized spacial score (nSPS) is 12.0. The number of nitrogens with two attached hydrogens (primary N) is 1. The van der Waals surface area contributed by atoms with E-state index in [0.29, 0.717) is 51.6 Å². The van der Waals surface area contributed by atoms with Crippen LogP contribution in [0.15, 0.2) is 29.4 Å². The predicted molar refractivity (Wildman–Crippen MR) is 153 cm³/mol. The van der Waals surface area contributed by atoms with Crippen molar-refractivity contribution in [2.24, 2.45) is 10.8 Å². The van der Waals surface area contributed by atoms with E-state index in [2.05, 4.69) is 36.6 Å². The summed E-state index contributed by atoms with van der Waals surface area (Å²) in [5.74, 6) is -1.35. The van der Waals surface area contributed by atoms with Crippen molar-refractivity contribution >= 4 is 29.4 Å². The molecular weight excluding hydrogens is 550 g/mol. The maximum atomic E-state index is 13.0. The number of anilines is 1. The Balaban J connectivity index is 2.43. The number of nitrogens with zero attached hydrogens (tertiary/aromatic N) is 2. The number of carbonyl (C=O) groups is 4. The minimum Gasteiger partial charge on any atom is -0.379 e. The Bertz CT molecular complexity index is 1000. The Labute approximate surface area is 245 Å². The largest absolute Gasteiger partial charge is 0.379 e. The van der Waals surface area contributed by atoms with Crippen LogP contribution in [0.5, 0.6) is 0 Å². The molecular formula is C26H44N9O7+. The van der Waals surface area contributed by atoms with Gasteiger partial charge in [0, 0.05) is 25.2 Å². The number of hydrogen-bond donors (Lipinski definition) is 7. The van der Waals surface area contributed by atoms with Gasteiger partial charge in [-0.05, 0) is 44.5 Å². The third-order valence-electron chi connectivity index (χ3n) is 5.60. The van der Waals surface area contributed by atoms with Gasteiger partial charge in [0.25, 0.3) is 0 Å². The third-order valence-corrected chi connectivity index (χ3v) is 5.60. The number of nitrogens with one attached hydrogen (secondary N) is 6. The summed E-state index contributed by atoms with van der Waals surface area (Å²) < 4.78 is 15.9. The minimum atomic E-state index is -0.911. The van der Waals surface area contributed by atoms with Gasteiger partial charge in [0.15, 0.2) is 0 Å². The Kier molecular flexibility index (Phi) is 19.5. The molecule has 0 aliphatic rings. The summed E-state index contributed by atoms with van der Waals surface area (Å²) in [4.78, 5) is 51.9. The molecule has 16 heteroatoms. The fourth-order valence-electron chi connectivity index (χ4n) is 3.46. The average Bonchev–Trinajstić information content (AvgIpc) is 2.96. The summed E-state index contributed by atoms with van der Waals surface area (Å²) in [7, 11) is 1.84. The van der Waals surface area contributed by atoms with Gasteiger partial charge in [-0.2, -0.15) is 0 Å². The first-order valence-corrected chi connectivity index (χ1v) is 13.7. The monoisotopic (exact) mass is 594 g/mol. The highest BCUT2D eigenvalue weighted by molar-refractivity contribution is 5.98. The third kappa shape index (κ3) is 17.7. The lowest BCUT2D eigenvalue weighted by Gasteiger charge is -2.21. The quantitative estimate of drug-likeness (QED) is 0.0507. The van der Waals surface area contributed by atoms with E-state index in [1.807, 2.05) is 19.2 Å². The van der Waals surface area contributed by atoms with Gasteiger partial charge in [0.05, 0.1) is 39.6 Å². The number of amides is 5. The van der Waals surface area contributed by atoms with E-state index in [1.165, 1.54) is 6.92 Å². The first-order chi connectivity index (χ1) is 20.3. The highest BCUT2D eigenvalue weighted by Gasteiger charge is 2.24. The number of rotatable bonds is 23. The van der Waals surface area contributed by atoms with Crippen molar-refractivity contribution in [1.82, 2.24) is 26.2 Å². The molecule has 0 spiro atoms. The molecule has 0 radical (unpaired) electrons. The van der Waals surface area contributed by atoms with E-state index < -0.39 is 29.9 Å². The molecule has 8 N–H and O–H groups in total. The van der Waals surface area contributed by atoms with E-state index >= 15 is 0 Å². The SMILES string of the molecule is CNCc1ccc(NC(=O)[C@H](CCCNC(N)=O)NC(=O)[C@H](C)NC(=O)CCOCCOCCOCCN=[N+]=N)cc1. The predicted octanol–water partition coefficient (Wildman–Crippen LogP) is -0.227. The summed E-state index contributed by atoms with van der Waals surface area (Å²) in [6.07, 6.45) is 0.657. The Morgan fingerprint density at radius 1 is 0.952 bits per heavy atom. The Hall–Kier alpha value is -3.95. The van der Waals surface area contributed by atoms with Crippen LogP contribution in [0.1, 0.15) is 31.7 Å². The first-order valence-electron chi connectivity index (χ1n) is 13.7. The number of urea groups is 1. The molecule has 0 aliphatic carbocycles. The lowest BCUT2D eigenvalue weighted by Crippen LogP contribution is -2.51. The second-order valence-corrected chi connectivity index (χ2v) is 9.05. The summed E-state index contributed by atoms with van der Waals surface area (Å²) in [5, 5.41) is 17.0. The van der Waals surface area contributed by atoms with Gasteiger partial charge in [0.2, 0.25) is 22.6 Å². The molecule has 0 unspecified atom stereocenters. The number of benzene rings is 1. The molecule has 42 heavy (non-hydrogen) atoms. The van der Waals surface area contributed by atoms with Crippen LogP contribution in [0.4, 0.5) is 10.5 Å². The lowest BCUT2D eigenvalue weighted by molar-refractivity contribution is -0.131. The van der Waals surface area contributed by atoms with Gasteiger partial charge >= 0.3 is 6.03 Å². The van der Waals surface area contributed by atoms with Crippen LogP contribution in [0.3, 0.4) is 0 Å². The van der Waals surface area contributed by atoms with Crippen LogP contribution in [0.2, 0.25) is 0 Å². The van der Waals surface area contributed by atoms with Gasteiger partial charge in [-0.1, -0.05) is 12.1 Å². The Morgan fingerprint density at radius 2 is 1.60 bits per heavy atom. The van der Waals surface area contributed by atoms with Crippen molar-refractivity contribution in [2.75, 3.05) is 65.1 Å². The molecule has 234 valence electrons. The highest BCUT2D eigenvalue weighted by Crippen LogP contribution is 2.11. The molecule has 0 fully saturated rings. The first kappa shape index (κ1) is 36.1. The molecule has 1 aromatic carbocycles. The van der Waals surface area contributed by atoms with Crippen LogP contribution < -0.4 is 37.2 Å². The molecule has 16 nitrogen and oxygen atoms in total. The van der Waals surface area contributed by atoms with E-state index in [4.69, 9.17) is 25.5 Å². The van der Waals surface area contributed by atoms with Gasteiger partial charge in [-0.3, -0.25) is 14.4 Å². The summed E-state index contributed by atoms with van der Waals surface area (Å²) in [6.45, 7) is 4.64. The zero-order valence-electron chi connectivity index (χ0n) is 24.3. The maximum absolute atomic E-state index is 13.0. The highest BCUT2D eigenvalue weighted by atomic mass is 16.5. The van der Waals surface area contributed by atoms with Crippen LogP contribution >= 0.6 is 0 Å². The maximum Gasteiger partial charge on any atom is 0.312 e. The van der Waals surface area contributed by atoms with Crippen molar-refractivity contribution < 1.29 is 33.4 Å². The second-order valence-electron chi connectivity index (χ2n) is 9.05. The second kappa shape index (κ2) is 22.7. The molecule has 1 rings (SSSR count). The zero-order valence-corrected chi connectivity index (χ0v) is 24.3. The lowest BCUT2D eigenvalue weighted by atomic mass is 10.1. The van der Waals surface area contributed by atoms with Crippen molar-refractivity contribution in [1.29, 1.82) is 5.53 Å². The summed E-state index contributed by atoms with van der Waals surface area (Å²) in [6, 6.07) is 4.79. The number of carbonyl (C=O) groups excluding carboxylic acids is 4. The number of ether oxygens (including phenoxy) is 3. The Morgan fingerprint density at radius 3 is 2.21 bits per heavy atom. The van der Waals surface area contributed by atoms with E-state index in [1.54, 1.807) is 12.1 Å².